The lowest BCUT2D eigenvalue weighted by Crippen LogP contribution is -2.12. The second-order valence-electron chi connectivity index (χ2n) is 2.35. The molecule has 14 heavy (non-hydrogen) atoms. The minimum absolute atomic E-state index is 0.666. The van der Waals surface area contributed by atoms with Gasteiger partial charge in [-0.05, 0) is 6.08 Å². The van der Waals surface area contributed by atoms with E-state index in [4.69, 9.17) is 25.1 Å². The van der Waals surface area contributed by atoms with Gasteiger partial charge in [-0.25, -0.2) is 4.57 Å². The fourth-order valence-corrected chi connectivity index (χ4v) is 0.847. The molecule has 7 nitrogen and oxygen atoms in total. The molecule has 0 heterocycles. The van der Waals surface area contributed by atoms with Crippen LogP contribution in [0.3, 0.4) is 0 Å². The van der Waals surface area contributed by atoms with Crippen molar-refractivity contribution in [2.24, 2.45) is 0 Å². The molecule has 0 spiro atoms. The van der Waals surface area contributed by atoms with Crippen LogP contribution in [0.25, 0.3) is 0 Å². The van der Waals surface area contributed by atoms with Crippen molar-refractivity contribution in [3.05, 3.63) is 24.2 Å². The lowest BCUT2D eigenvalue weighted by Gasteiger charge is -2.08. The average molecular weight is 226 g/mol. The van der Waals surface area contributed by atoms with E-state index in [-0.39, 0.29) is 0 Å². The fraction of sp³-hybridized carbons (Fsp3) is 0.333. The normalized spacial score (nSPS) is 15.2. The lowest BCUT2D eigenvalue weighted by atomic mass is 10.3. The predicted octanol–water partition coefficient (Wildman–Crippen LogP) is -0.0298. The molecule has 0 aromatic rings. The van der Waals surface area contributed by atoms with Gasteiger partial charge in [-0.2, -0.15) is 0 Å². The monoisotopic (exact) mass is 226 g/mol. The number of rotatable bonds is 5. The smallest absolute Gasteiger partial charge is 0.469 e. The van der Waals surface area contributed by atoms with E-state index in [0.717, 1.165) is 6.08 Å². The van der Waals surface area contributed by atoms with Gasteiger partial charge in [-0.1, -0.05) is 6.58 Å². The molecule has 82 valence electrons. The summed E-state index contributed by atoms with van der Waals surface area (Å²) in [6.45, 7) is 2.24. The molecule has 0 saturated carbocycles. The van der Waals surface area contributed by atoms with Gasteiger partial charge in [-0.3, -0.25) is 4.52 Å². The van der Waals surface area contributed by atoms with Crippen molar-refractivity contribution >= 4 is 7.82 Å². The van der Waals surface area contributed by atoms with Crippen LogP contribution >= 0.6 is 7.82 Å². The van der Waals surface area contributed by atoms with Gasteiger partial charge in [0.05, 0.1) is 12.7 Å². The highest BCUT2D eigenvalue weighted by molar-refractivity contribution is 7.46. The summed E-state index contributed by atoms with van der Waals surface area (Å²) in [5.41, 5.74) is 0. The quantitative estimate of drug-likeness (QED) is 0.253. The Morgan fingerprint density at radius 3 is 2.36 bits per heavy atom. The maximum Gasteiger partial charge on any atom is 0.469 e. The molecule has 0 aliphatic carbocycles. The molecular weight excluding hydrogens is 215 g/mol. The molecular formula is C6H11O7P. The maximum atomic E-state index is 10.2. The van der Waals surface area contributed by atoms with Crippen molar-refractivity contribution in [2.45, 2.75) is 6.10 Å². The first-order valence-electron chi connectivity index (χ1n) is 3.39. The third kappa shape index (κ3) is 6.64. The summed E-state index contributed by atoms with van der Waals surface area (Å²) < 4.78 is 14.1. The number of hydrogen-bond donors (Lipinski definition) is 5. The van der Waals surface area contributed by atoms with Crippen LogP contribution in [0.2, 0.25) is 0 Å². The summed E-state index contributed by atoms with van der Waals surface area (Å²) in [5, 5.41) is 26.4. The molecule has 0 unspecified atom stereocenters. The molecule has 0 aromatic carbocycles. The SMILES string of the molecule is C=C(O)/C(O)=C/[C@@H](O)COP(=O)(O)O. The molecule has 0 radical (unpaired) electrons. The van der Waals surface area contributed by atoms with Gasteiger partial charge in [0.15, 0.2) is 5.76 Å². The Labute approximate surface area is 79.8 Å². The van der Waals surface area contributed by atoms with Crippen molar-refractivity contribution in [3.8, 4) is 0 Å². The summed E-state index contributed by atoms with van der Waals surface area (Å²) in [7, 11) is -4.64. The first-order chi connectivity index (χ1) is 6.22. The van der Waals surface area contributed by atoms with Crippen molar-refractivity contribution < 1.29 is 34.2 Å². The van der Waals surface area contributed by atoms with Crippen LogP contribution in [-0.2, 0) is 9.09 Å². The standard InChI is InChI=1S/C6H11O7P/c1-4(7)6(9)2-5(8)3-13-14(10,11)12/h2,5,7-9H,1,3H2,(H2,10,11,12)/b6-2-/t5-/m1/s1. The van der Waals surface area contributed by atoms with Crippen molar-refractivity contribution in [1.82, 2.24) is 0 Å². The second kappa shape index (κ2) is 5.14. The Balaban J connectivity index is 4.11. The number of aliphatic hydroxyl groups is 3. The van der Waals surface area contributed by atoms with Crippen LogP contribution < -0.4 is 0 Å². The van der Waals surface area contributed by atoms with E-state index in [1.807, 2.05) is 0 Å². The van der Waals surface area contributed by atoms with Crippen LogP contribution in [0.1, 0.15) is 0 Å². The highest BCUT2D eigenvalue weighted by Gasteiger charge is 2.16. The molecule has 0 amide bonds. The van der Waals surface area contributed by atoms with Gasteiger partial charge in [-0.15, -0.1) is 0 Å². The van der Waals surface area contributed by atoms with Gasteiger partial charge in [0.25, 0.3) is 0 Å². The van der Waals surface area contributed by atoms with Crippen molar-refractivity contribution in [1.29, 1.82) is 0 Å². The molecule has 0 bridgehead atoms. The van der Waals surface area contributed by atoms with Gasteiger partial charge in [0.1, 0.15) is 5.76 Å². The molecule has 5 N–H and O–H groups in total. The molecule has 1 atom stereocenters. The van der Waals surface area contributed by atoms with Crippen LogP contribution in [-0.4, -0.2) is 37.8 Å². The molecule has 8 heteroatoms. The summed E-state index contributed by atoms with van der Waals surface area (Å²) in [5.74, 6) is -1.35. The Bertz CT molecular complexity index is 278. The Kier molecular flexibility index (Phi) is 4.82. The maximum absolute atomic E-state index is 10.2. The average Bonchev–Trinajstić information content (AvgIpc) is 1.99. The molecule has 0 rings (SSSR count). The molecule has 0 aliphatic rings. The van der Waals surface area contributed by atoms with Crippen LogP contribution in [0.15, 0.2) is 24.2 Å². The number of hydrogen-bond acceptors (Lipinski definition) is 5. The van der Waals surface area contributed by atoms with Gasteiger partial charge in [0, 0.05) is 0 Å². The zero-order chi connectivity index (χ0) is 11.4. The number of aliphatic hydroxyl groups excluding tert-OH is 3. The van der Waals surface area contributed by atoms with Crippen LogP contribution in [0, 0.1) is 0 Å². The molecule has 0 fully saturated rings. The highest BCUT2D eigenvalue weighted by Crippen LogP contribution is 2.35. The van der Waals surface area contributed by atoms with E-state index in [1.165, 1.54) is 0 Å². The third-order valence-electron chi connectivity index (χ3n) is 1.06. The zero-order valence-electron chi connectivity index (χ0n) is 7.07. The topological polar surface area (TPSA) is 127 Å². The van der Waals surface area contributed by atoms with E-state index in [9.17, 15) is 4.57 Å². The van der Waals surface area contributed by atoms with Crippen molar-refractivity contribution in [3.63, 3.8) is 0 Å². The summed E-state index contributed by atoms with van der Waals surface area (Å²) >= 11 is 0. The Hall–Kier alpha value is -0.850. The molecule has 0 saturated heterocycles. The predicted molar refractivity (Wildman–Crippen MR) is 46.5 cm³/mol. The van der Waals surface area contributed by atoms with Gasteiger partial charge < -0.3 is 25.1 Å². The van der Waals surface area contributed by atoms with Crippen molar-refractivity contribution in [2.75, 3.05) is 6.61 Å². The summed E-state index contributed by atoms with van der Waals surface area (Å²) in [6, 6.07) is 0. The van der Waals surface area contributed by atoms with Crippen LogP contribution in [0.4, 0.5) is 0 Å². The first-order valence-corrected chi connectivity index (χ1v) is 4.92. The minimum Gasteiger partial charge on any atom is -0.505 e. The fourth-order valence-electron chi connectivity index (χ4n) is 0.500. The minimum atomic E-state index is -4.64. The van der Waals surface area contributed by atoms with E-state index in [0.29, 0.717) is 0 Å². The highest BCUT2D eigenvalue weighted by atomic mass is 31.2. The zero-order valence-corrected chi connectivity index (χ0v) is 7.96. The summed E-state index contributed by atoms with van der Waals surface area (Å²) in [6.07, 6.45) is -0.718. The summed E-state index contributed by atoms with van der Waals surface area (Å²) in [4.78, 5) is 16.5. The van der Waals surface area contributed by atoms with E-state index in [2.05, 4.69) is 11.1 Å². The molecule has 0 aromatic heterocycles. The first kappa shape index (κ1) is 13.2. The van der Waals surface area contributed by atoms with Crippen LogP contribution in [0.5, 0.6) is 0 Å². The lowest BCUT2D eigenvalue weighted by molar-refractivity contribution is 0.111. The van der Waals surface area contributed by atoms with E-state index in [1.54, 1.807) is 0 Å². The van der Waals surface area contributed by atoms with Gasteiger partial charge in [0.2, 0.25) is 0 Å². The Morgan fingerprint density at radius 2 is 2.00 bits per heavy atom. The number of phosphoric acid groups is 1. The number of phosphoric ester groups is 1. The van der Waals surface area contributed by atoms with Gasteiger partial charge >= 0.3 is 7.82 Å². The van der Waals surface area contributed by atoms with E-state index >= 15 is 0 Å². The Morgan fingerprint density at radius 1 is 1.50 bits per heavy atom. The third-order valence-corrected chi connectivity index (χ3v) is 1.54. The molecule has 0 aliphatic heterocycles. The van der Waals surface area contributed by atoms with E-state index < -0.39 is 32.1 Å². The second-order valence-corrected chi connectivity index (χ2v) is 3.59. The largest absolute Gasteiger partial charge is 0.505 e.